The van der Waals surface area contributed by atoms with Crippen molar-refractivity contribution in [3.05, 3.63) is 69.8 Å². The number of hydrogen-bond donors (Lipinski definition) is 2. The van der Waals surface area contributed by atoms with Gasteiger partial charge in [-0.2, -0.15) is 0 Å². The summed E-state index contributed by atoms with van der Waals surface area (Å²) >= 11 is 0. The van der Waals surface area contributed by atoms with Crippen LogP contribution in [0.3, 0.4) is 0 Å². The van der Waals surface area contributed by atoms with Gasteiger partial charge in [-0.25, -0.2) is 0 Å². The zero-order chi connectivity index (χ0) is 17.5. The van der Waals surface area contributed by atoms with E-state index in [0.717, 1.165) is 0 Å². The van der Waals surface area contributed by atoms with Gasteiger partial charge in [-0.1, -0.05) is 18.2 Å². The van der Waals surface area contributed by atoms with Crippen molar-refractivity contribution in [3.63, 3.8) is 0 Å². The third-order valence-corrected chi connectivity index (χ3v) is 3.37. The molecule has 7 heteroatoms. The Morgan fingerprint density at radius 2 is 1.83 bits per heavy atom. The molecule has 7 nitrogen and oxygen atoms in total. The molecule has 2 aromatic rings. The van der Waals surface area contributed by atoms with E-state index in [0.29, 0.717) is 16.8 Å². The van der Waals surface area contributed by atoms with E-state index in [2.05, 4.69) is 10.6 Å². The Kier molecular flexibility index (Phi) is 5.62. The topological polar surface area (TPSA) is 101 Å². The highest BCUT2D eigenvalue weighted by molar-refractivity contribution is 5.95. The largest absolute Gasteiger partial charge is 0.352 e. The molecule has 124 valence electrons. The fourth-order valence-electron chi connectivity index (χ4n) is 2.10. The number of nitrogens with zero attached hydrogens (tertiary/aromatic N) is 1. The summed E-state index contributed by atoms with van der Waals surface area (Å²) in [5.41, 5.74) is 1.62. The van der Waals surface area contributed by atoms with Crippen LogP contribution in [0.15, 0.2) is 48.5 Å². The molecule has 2 aromatic carbocycles. The Labute approximate surface area is 138 Å². The van der Waals surface area contributed by atoms with Gasteiger partial charge in [0.15, 0.2) is 0 Å². The maximum absolute atomic E-state index is 11.9. The second kappa shape index (κ2) is 7.87. The van der Waals surface area contributed by atoms with Crippen LogP contribution in [0, 0.1) is 17.0 Å². The molecule has 0 atom stereocenters. The first-order chi connectivity index (χ1) is 11.5. The van der Waals surface area contributed by atoms with Crippen molar-refractivity contribution in [2.45, 2.75) is 13.3 Å². The van der Waals surface area contributed by atoms with E-state index in [9.17, 15) is 19.7 Å². The van der Waals surface area contributed by atoms with Crippen LogP contribution in [0.5, 0.6) is 0 Å². The molecule has 0 aliphatic heterocycles. The number of amides is 2. The SMILES string of the molecule is Cc1cc([N+](=O)[O-])ccc1NC(=O)CCNC(=O)c1ccccc1. The maximum Gasteiger partial charge on any atom is 0.269 e. The van der Waals surface area contributed by atoms with E-state index < -0.39 is 4.92 Å². The van der Waals surface area contributed by atoms with Gasteiger partial charge in [0, 0.05) is 36.3 Å². The highest BCUT2D eigenvalue weighted by Gasteiger charge is 2.11. The fourth-order valence-corrected chi connectivity index (χ4v) is 2.10. The van der Waals surface area contributed by atoms with Gasteiger partial charge in [0.05, 0.1) is 4.92 Å². The lowest BCUT2D eigenvalue weighted by atomic mass is 10.1. The average molecular weight is 327 g/mol. The Balaban J connectivity index is 1.83. The van der Waals surface area contributed by atoms with E-state index in [4.69, 9.17) is 0 Å². The monoisotopic (exact) mass is 327 g/mol. The molecule has 0 fully saturated rings. The van der Waals surface area contributed by atoms with E-state index >= 15 is 0 Å². The van der Waals surface area contributed by atoms with Crippen LogP contribution in [0.25, 0.3) is 0 Å². The predicted octanol–water partition coefficient (Wildman–Crippen LogP) is 2.66. The van der Waals surface area contributed by atoms with Crippen LogP contribution >= 0.6 is 0 Å². The summed E-state index contributed by atoms with van der Waals surface area (Å²) in [5, 5.41) is 16.0. The van der Waals surface area contributed by atoms with Gasteiger partial charge in [-0.3, -0.25) is 19.7 Å². The maximum atomic E-state index is 11.9. The predicted molar refractivity (Wildman–Crippen MR) is 89.9 cm³/mol. The zero-order valence-electron chi connectivity index (χ0n) is 13.1. The van der Waals surface area contributed by atoms with Crippen molar-refractivity contribution in [2.75, 3.05) is 11.9 Å². The third kappa shape index (κ3) is 4.64. The van der Waals surface area contributed by atoms with Crippen molar-refractivity contribution >= 4 is 23.2 Å². The van der Waals surface area contributed by atoms with Crippen molar-refractivity contribution in [1.82, 2.24) is 5.32 Å². The van der Waals surface area contributed by atoms with Gasteiger partial charge in [0.25, 0.3) is 11.6 Å². The Hall–Kier alpha value is -3.22. The van der Waals surface area contributed by atoms with Crippen LogP contribution in [-0.4, -0.2) is 23.3 Å². The summed E-state index contributed by atoms with van der Waals surface area (Å²) in [5.74, 6) is -0.518. The van der Waals surface area contributed by atoms with E-state index in [1.807, 2.05) is 6.07 Å². The van der Waals surface area contributed by atoms with Gasteiger partial charge in [0.1, 0.15) is 0 Å². The average Bonchev–Trinajstić information content (AvgIpc) is 2.57. The summed E-state index contributed by atoms with van der Waals surface area (Å²) in [6.07, 6.45) is 0.106. The second-order valence-electron chi connectivity index (χ2n) is 5.18. The molecular formula is C17H17N3O4. The van der Waals surface area contributed by atoms with Gasteiger partial charge in [-0.05, 0) is 30.7 Å². The Bertz CT molecular complexity index is 760. The first-order valence-electron chi connectivity index (χ1n) is 7.35. The number of hydrogen-bond acceptors (Lipinski definition) is 4. The highest BCUT2D eigenvalue weighted by Crippen LogP contribution is 2.21. The molecule has 2 N–H and O–H groups in total. The molecule has 0 aliphatic rings. The summed E-state index contributed by atoms with van der Waals surface area (Å²) < 4.78 is 0. The molecule has 0 aromatic heterocycles. The van der Waals surface area contributed by atoms with Gasteiger partial charge >= 0.3 is 0 Å². The fraction of sp³-hybridized carbons (Fsp3) is 0.176. The quantitative estimate of drug-likeness (QED) is 0.629. The van der Waals surface area contributed by atoms with Gasteiger partial charge in [0.2, 0.25) is 5.91 Å². The Morgan fingerprint density at radius 3 is 2.46 bits per heavy atom. The van der Waals surface area contributed by atoms with Crippen molar-refractivity contribution in [3.8, 4) is 0 Å². The molecule has 0 spiro atoms. The third-order valence-electron chi connectivity index (χ3n) is 3.37. The van der Waals surface area contributed by atoms with E-state index in [1.165, 1.54) is 18.2 Å². The molecule has 0 heterocycles. The number of carbonyl (C=O) groups is 2. The number of anilines is 1. The summed E-state index contributed by atoms with van der Waals surface area (Å²) in [4.78, 5) is 33.9. The highest BCUT2D eigenvalue weighted by atomic mass is 16.6. The zero-order valence-corrected chi connectivity index (χ0v) is 13.1. The summed E-state index contributed by atoms with van der Waals surface area (Å²) in [7, 11) is 0. The number of nitro groups is 1. The molecule has 0 aliphatic carbocycles. The molecule has 0 saturated heterocycles. The molecule has 0 bridgehead atoms. The number of rotatable bonds is 6. The Morgan fingerprint density at radius 1 is 1.12 bits per heavy atom. The first-order valence-corrected chi connectivity index (χ1v) is 7.35. The number of carbonyl (C=O) groups excluding carboxylic acids is 2. The van der Waals surface area contributed by atoms with E-state index in [1.54, 1.807) is 31.2 Å². The molecule has 0 saturated carbocycles. The molecule has 0 radical (unpaired) electrons. The molecular weight excluding hydrogens is 310 g/mol. The van der Waals surface area contributed by atoms with Crippen molar-refractivity contribution in [1.29, 1.82) is 0 Å². The standard InChI is InChI=1S/C17H17N3O4/c1-12-11-14(20(23)24)7-8-15(12)19-16(21)9-10-18-17(22)13-5-3-2-4-6-13/h2-8,11H,9-10H2,1H3,(H,18,22)(H,19,21). The lowest BCUT2D eigenvalue weighted by Gasteiger charge is -2.09. The number of benzene rings is 2. The number of nitro benzene ring substituents is 1. The van der Waals surface area contributed by atoms with Crippen molar-refractivity contribution < 1.29 is 14.5 Å². The second-order valence-corrected chi connectivity index (χ2v) is 5.18. The van der Waals surface area contributed by atoms with Gasteiger partial charge < -0.3 is 10.6 Å². The minimum atomic E-state index is -0.488. The molecule has 2 amide bonds. The molecule has 24 heavy (non-hydrogen) atoms. The number of nitrogens with one attached hydrogen (secondary N) is 2. The van der Waals surface area contributed by atoms with E-state index in [-0.39, 0.29) is 30.5 Å². The number of aryl methyl sites for hydroxylation is 1. The van der Waals surface area contributed by atoms with Crippen molar-refractivity contribution in [2.24, 2.45) is 0 Å². The molecule has 0 unspecified atom stereocenters. The smallest absolute Gasteiger partial charge is 0.269 e. The normalized spacial score (nSPS) is 10.0. The first kappa shape index (κ1) is 17.1. The molecule has 2 rings (SSSR count). The summed E-state index contributed by atoms with van der Waals surface area (Å²) in [6.45, 7) is 1.88. The number of non-ortho nitro benzene ring substituents is 1. The summed E-state index contributed by atoms with van der Waals surface area (Å²) in [6, 6.07) is 12.9. The van der Waals surface area contributed by atoms with Crippen LogP contribution in [0.4, 0.5) is 11.4 Å². The van der Waals surface area contributed by atoms with Crippen LogP contribution in [-0.2, 0) is 4.79 Å². The van der Waals surface area contributed by atoms with Crippen LogP contribution < -0.4 is 10.6 Å². The van der Waals surface area contributed by atoms with Crippen LogP contribution in [0.2, 0.25) is 0 Å². The minimum Gasteiger partial charge on any atom is -0.352 e. The van der Waals surface area contributed by atoms with Crippen LogP contribution in [0.1, 0.15) is 22.3 Å². The lowest BCUT2D eigenvalue weighted by molar-refractivity contribution is -0.384. The lowest BCUT2D eigenvalue weighted by Crippen LogP contribution is -2.27. The minimum absolute atomic E-state index is 0.0272. The van der Waals surface area contributed by atoms with Gasteiger partial charge in [-0.15, -0.1) is 0 Å².